The van der Waals surface area contributed by atoms with Crippen molar-refractivity contribution in [2.45, 2.75) is 31.4 Å². The number of nitrogens with zero attached hydrogens (tertiary/aromatic N) is 3. The highest BCUT2D eigenvalue weighted by Gasteiger charge is 2.40. The van der Waals surface area contributed by atoms with Gasteiger partial charge in [0.2, 0.25) is 0 Å². The maximum absolute atomic E-state index is 13.1. The van der Waals surface area contributed by atoms with Crippen LogP contribution < -0.4 is 5.32 Å². The number of pyridine rings is 1. The number of fused-ring (bicyclic) bond motifs is 3. The minimum absolute atomic E-state index is 0.0872. The number of aromatic nitrogens is 2. The number of hydrogen-bond donors (Lipinski definition) is 1. The Hall–Kier alpha value is -4.20. The van der Waals surface area contributed by atoms with E-state index < -0.39 is 17.0 Å². The summed E-state index contributed by atoms with van der Waals surface area (Å²) in [6.07, 6.45) is 5.82. The van der Waals surface area contributed by atoms with Crippen LogP contribution in [0.2, 0.25) is 0 Å². The third-order valence-electron chi connectivity index (χ3n) is 6.15. The number of esters is 1. The number of nitrogens with one attached hydrogen (secondary N) is 1. The Labute approximate surface area is 190 Å². The van der Waals surface area contributed by atoms with Crippen LogP contribution in [0.25, 0.3) is 5.65 Å². The molecule has 8 heteroatoms. The summed E-state index contributed by atoms with van der Waals surface area (Å²) in [4.78, 5) is 28.3. The molecule has 0 fully saturated rings. The fourth-order valence-corrected chi connectivity index (χ4v) is 4.58. The third-order valence-corrected chi connectivity index (χ3v) is 6.15. The number of non-ortho nitro benzene ring substituents is 1. The summed E-state index contributed by atoms with van der Waals surface area (Å²) in [7, 11) is 0. The summed E-state index contributed by atoms with van der Waals surface area (Å²) in [5.74, 6) is -0.675. The molecule has 3 atom stereocenters. The van der Waals surface area contributed by atoms with Crippen molar-refractivity contribution < 1.29 is 14.5 Å². The summed E-state index contributed by atoms with van der Waals surface area (Å²) < 4.78 is 8.04. The van der Waals surface area contributed by atoms with E-state index in [-0.39, 0.29) is 23.2 Å². The molecular formula is C25H22N4O4. The van der Waals surface area contributed by atoms with Gasteiger partial charge in [0, 0.05) is 36.6 Å². The van der Waals surface area contributed by atoms with Gasteiger partial charge in [0.05, 0.1) is 22.2 Å². The van der Waals surface area contributed by atoms with Gasteiger partial charge in [-0.2, -0.15) is 0 Å². The van der Waals surface area contributed by atoms with E-state index in [2.05, 4.69) is 17.2 Å². The molecule has 0 radical (unpaired) electrons. The second-order valence-corrected chi connectivity index (χ2v) is 8.03. The Bertz CT molecular complexity index is 1330. The zero-order valence-corrected chi connectivity index (χ0v) is 17.9. The predicted octanol–water partition coefficient (Wildman–Crippen LogP) is 5.13. The maximum atomic E-state index is 13.1. The molecule has 0 saturated heterocycles. The van der Waals surface area contributed by atoms with Gasteiger partial charge in [-0.3, -0.25) is 10.1 Å². The molecule has 5 rings (SSSR count). The van der Waals surface area contributed by atoms with E-state index in [0.717, 1.165) is 28.9 Å². The lowest BCUT2D eigenvalue weighted by Gasteiger charge is -2.40. The van der Waals surface area contributed by atoms with Gasteiger partial charge in [-0.05, 0) is 29.7 Å². The van der Waals surface area contributed by atoms with E-state index in [1.165, 1.54) is 24.3 Å². The number of anilines is 1. The first-order valence-corrected chi connectivity index (χ1v) is 10.8. The van der Waals surface area contributed by atoms with Crippen LogP contribution in [-0.2, 0) is 4.74 Å². The van der Waals surface area contributed by atoms with E-state index in [9.17, 15) is 14.9 Å². The standard InChI is InChI=1S/C25H22N4O4/c1-2-19-20-11-13-28-14-12-26-24(28)22(20)27-21(16-7-4-3-5-8-16)23(19)33-25(30)17-9-6-10-18(15-17)29(31)32/h3-15,19,21,23,27H,2H2,1H3/t19-,21-,23-/m1/s1. The maximum Gasteiger partial charge on any atom is 0.338 e. The molecule has 0 bridgehead atoms. The highest BCUT2D eigenvalue weighted by molar-refractivity contribution is 5.90. The fraction of sp³-hybridized carbons (Fsp3) is 0.200. The first kappa shape index (κ1) is 20.7. The molecule has 0 unspecified atom stereocenters. The molecule has 0 aliphatic carbocycles. The van der Waals surface area contributed by atoms with Crippen molar-refractivity contribution in [1.82, 2.24) is 9.38 Å². The van der Waals surface area contributed by atoms with Crippen LogP contribution in [0.4, 0.5) is 11.4 Å². The number of nitro groups is 1. The highest BCUT2D eigenvalue weighted by Crippen LogP contribution is 2.45. The molecule has 1 N–H and O–H groups in total. The van der Waals surface area contributed by atoms with Gasteiger partial charge in [-0.15, -0.1) is 0 Å². The van der Waals surface area contributed by atoms with E-state index >= 15 is 0 Å². The molecule has 4 aromatic rings. The first-order chi connectivity index (χ1) is 16.1. The summed E-state index contributed by atoms with van der Waals surface area (Å²) in [5.41, 5.74) is 3.75. The number of hydrogen-bond acceptors (Lipinski definition) is 6. The van der Waals surface area contributed by atoms with E-state index in [4.69, 9.17) is 4.74 Å². The van der Waals surface area contributed by atoms with Crippen LogP contribution in [0.3, 0.4) is 0 Å². The van der Waals surface area contributed by atoms with E-state index in [1.54, 1.807) is 6.20 Å². The fourth-order valence-electron chi connectivity index (χ4n) is 4.58. The summed E-state index contributed by atoms with van der Waals surface area (Å²) in [5, 5.41) is 14.7. The Morgan fingerprint density at radius 3 is 2.73 bits per heavy atom. The van der Waals surface area contributed by atoms with Crippen molar-refractivity contribution in [3.05, 3.63) is 106 Å². The quantitative estimate of drug-likeness (QED) is 0.261. The largest absolute Gasteiger partial charge is 0.456 e. The van der Waals surface area contributed by atoms with E-state index in [0.29, 0.717) is 0 Å². The van der Waals surface area contributed by atoms with Crippen LogP contribution in [0.15, 0.2) is 79.3 Å². The number of carbonyl (C=O) groups excluding carboxylic acids is 1. The van der Waals surface area contributed by atoms with E-state index in [1.807, 2.05) is 53.2 Å². The average Bonchev–Trinajstić information content (AvgIpc) is 3.33. The lowest BCUT2D eigenvalue weighted by Crippen LogP contribution is -2.39. The van der Waals surface area contributed by atoms with Crippen molar-refractivity contribution >= 4 is 23.0 Å². The number of nitro benzene ring substituents is 1. The summed E-state index contributed by atoms with van der Waals surface area (Å²) in [6.45, 7) is 2.06. The Morgan fingerprint density at radius 1 is 1.15 bits per heavy atom. The third kappa shape index (κ3) is 3.69. The van der Waals surface area contributed by atoms with Crippen molar-refractivity contribution in [1.29, 1.82) is 0 Å². The topological polar surface area (TPSA) is 98.8 Å². The highest BCUT2D eigenvalue weighted by atomic mass is 16.6. The molecule has 2 aromatic heterocycles. The SMILES string of the molecule is CC[C@@H]1c2ccn3ccnc3c2N[C@H](c2ccccc2)[C@@H]1OC(=O)c1cccc([N+](=O)[O-])c1. The van der Waals surface area contributed by atoms with Crippen LogP contribution in [-0.4, -0.2) is 26.4 Å². The Balaban J connectivity index is 1.57. The Morgan fingerprint density at radius 2 is 1.97 bits per heavy atom. The van der Waals surface area contributed by atoms with Crippen LogP contribution in [0, 0.1) is 10.1 Å². The first-order valence-electron chi connectivity index (χ1n) is 10.8. The van der Waals surface area contributed by atoms with Gasteiger partial charge in [-0.1, -0.05) is 43.3 Å². The number of rotatable bonds is 5. The monoisotopic (exact) mass is 442 g/mol. The number of carbonyl (C=O) groups is 1. The molecule has 1 aliphatic rings. The molecule has 166 valence electrons. The molecule has 0 amide bonds. The number of ether oxygens (including phenoxy) is 1. The lowest BCUT2D eigenvalue weighted by molar-refractivity contribution is -0.384. The predicted molar refractivity (Wildman–Crippen MR) is 123 cm³/mol. The molecule has 0 saturated carbocycles. The molecule has 3 heterocycles. The van der Waals surface area contributed by atoms with Crippen LogP contribution in [0.5, 0.6) is 0 Å². The summed E-state index contributed by atoms with van der Waals surface area (Å²) >= 11 is 0. The van der Waals surface area contributed by atoms with Gasteiger partial charge >= 0.3 is 5.97 Å². The molecule has 33 heavy (non-hydrogen) atoms. The molecule has 1 aliphatic heterocycles. The van der Waals surface area contributed by atoms with Gasteiger partial charge < -0.3 is 14.5 Å². The zero-order chi connectivity index (χ0) is 22.9. The smallest absolute Gasteiger partial charge is 0.338 e. The molecular weight excluding hydrogens is 420 g/mol. The van der Waals surface area contributed by atoms with Crippen molar-refractivity contribution in [3.63, 3.8) is 0 Å². The van der Waals surface area contributed by atoms with Crippen molar-refractivity contribution in [2.75, 3.05) is 5.32 Å². The van der Waals surface area contributed by atoms with Gasteiger partial charge in [-0.25, -0.2) is 9.78 Å². The van der Waals surface area contributed by atoms with Crippen molar-refractivity contribution in [2.24, 2.45) is 0 Å². The van der Waals surface area contributed by atoms with Gasteiger partial charge in [0.1, 0.15) is 6.10 Å². The van der Waals surface area contributed by atoms with Gasteiger partial charge in [0.25, 0.3) is 5.69 Å². The van der Waals surface area contributed by atoms with Crippen molar-refractivity contribution in [3.8, 4) is 0 Å². The second kappa shape index (κ2) is 8.38. The second-order valence-electron chi connectivity index (χ2n) is 8.03. The van der Waals surface area contributed by atoms with Crippen LogP contribution in [0.1, 0.15) is 46.8 Å². The lowest BCUT2D eigenvalue weighted by atomic mass is 9.80. The minimum Gasteiger partial charge on any atom is -0.456 e. The average molecular weight is 442 g/mol. The molecule has 8 nitrogen and oxygen atoms in total. The molecule has 2 aromatic carbocycles. The number of imidazole rings is 1. The van der Waals surface area contributed by atoms with Crippen LogP contribution >= 0.6 is 0 Å². The summed E-state index contributed by atoms with van der Waals surface area (Å²) in [6, 6.07) is 17.2. The zero-order valence-electron chi connectivity index (χ0n) is 17.9. The molecule has 0 spiro atoms. The Kier molecular flexibility index (Phi) is 5.26. The minimum atomic E-state index is -0.588. The normalized spacial score (nSPS) is 19.5. The number of benzene rings is 2. The van der Waals surface area contributed by atoms with Gasteiger partial charge in [0.15, 0.2) is 5.65 Å².